The summed E-state index contributed by atoms with van der Waals surface area (Å²) < 4.78 is 42.8. The highest BCUT2D eigenvalue weighted by Crippen LogP contribution is 2.35. The molecule has 114 valence electrons. The average Bonchev–Trinajstić information content (AvgIpc) is 2.41. The van der Waals surface area contributed by atoms with Crippen LogP contribution in [0.25, 0.3) is 0 Å². The van der Waals surface area contributed by atoms with E-state index in [1.165, 1.54) is 18.2 Å². The molecule has 0 spiro atoms. The molecule has 5 nitrogen and oxygen atoms in total. The van der Waals surface area contributed by atoms with Crippen LogP contribution in [0.5, 0.6) is 0 Å². The van der Waals surface area contributed by atoms with Gasteiger partial charge < -0.3 is 9.84 Å². The summed E-state index contributed by atoms with van der Waals surface area (Å²) >= 11 is 0. The van der Waals surface area contributed by atoms with E-state index in [-0.39, 0.29) is 5.56 Å². The predicted molar refractivity (Wildman–Crippen MR) is 63.2 cm³/mol. The monoisotopic (exact) mass is 304 g/mol. The number of alkyl halides is 3. The summed E-state index contributed by atoms with van der Waals surface area (Å²) in [6.45, 7) is 0. The Kier molecular flexibility index (Phi) is 5.45. The number of aliphatic carboxylic acids is 1. The number of hydrogen-bond acceptors (Lipinski definition) is 4. The van der Waals surface area contributed by atoms with Gasteiger partial charge in [-0.25, -0.2) is 4.79 Å². The van der Waals surface area contributed by atoms with Crippen LogP contribution in [0, 0.1) is 0 Å². The highest BCUT2D eigenvalue weighted by Gasteiger charge is 2.44. The Morgan fingerprint density at radius 1 is 1.10 bits per heavy atom. The number of carbonyl (C=O) groups excluding carboxylic acids is 2. The molecule has 0 aromatic heterocycles. The van der Waals surface area contributed by atoms with Gasteiger partial charge in [0.1, 0.15) is 0 Å². The molecule has 0 radical (unpaired) electrons. The first-order chi connectivity index (χ1) is 9.71. The SMILES string of the molecule is O=C(O)CCC(=O)C(=O)OC(c1ccccc1)C(F)(F)F. The fraction of sp³-hybridized carbons (Fsp3) is 0.308. The lowest BCUT2D eigenvalue weighted by molar-refractivity contribution is -0.223. The molecule has 0 fully saturated rings. The zero-order chi connectivity index (χ0) is 16.0. The summed E-state index contributed by atoms with van der Waals surface area (Å²) in [4.78, 5) is 32.8. The predicted octanol–water partition coefficient (Wildman–Crippen LogP) is 2.27. The second-order valence-electron chi connectivity index (χ2n) is 4.05. The molecular formula is C13H11F3O5. The van der Waals surface area contributed by atoms with Gasteiger partial charge >= 0.3 is 18.1 Å². The molecule has 0 aliphatic heterocycles. The van der Waals surface area contributed by atoms with Gasteiger partial charge in [-0.3, -0.25) is 9.59 Å². The Hall–Kier alpha value is -2.38. The van der Waals surface area contributed by atoms with Crippen LogP contribution in [-0.2, 0) is 19.1 Å². The van der Waals surface area contributed by atoms with Crippen molar-refractivity contribution < 1.29 is 37.4 Å². The Morgan fingerprint density at radius 3 is 2.14 bits per heavy atom. The van der Waals surface area contributed by atoms with E-state index in [0.717, 1.165) is 12.1 Å². The first-order valence-electron chi connectivity index (χ1n) is 5.79. The molecule has 0 aliphatic carbocycles. The largest absolute Gasteiger partial charge is 0.481 e. The van der Waals surface area contributed by atoms with Crippen LogP contribution in [-0.4, -0.2) is 29.0 Å². The molecule has 21 heavy (non-hydrogen) atoms. The number of halogens is 3. The second kappa shape index (κ2) is 6.87. The first kappa shape index (κ1) is 16.7. The highest BCUT2D eigenvalue weighted by molar-refractivity contribution is 6.33. The van der Waals surface area contributed by atoms with Crippen LogP contribution >= 0.6 is 0 Å². The van der Waals surface area contributed by atoms with Gasteiger partial charge in [0, 0.05) is 12.0 Å². The maximum atomic E-state index is 12.9. The summed E-state index contributed by atoms with van der Waals surface area (Å²) in [5.41, 5.74) is -0.329. The highest BCUT2D eigenvalue weighted by atomic mass is 19.4. The number of ether oxygens (including phenoxy) is 1. The van der Waals surface area contributed by atoms with E-state index in [1.54, 1.807) is 0 Å². The van der Waals surface area contributed by atoms with Crippen LogP contribution in [0.2, 0.25) is 0 Å². The fourth-order valence-electron chi connectivity index (χ4n) is 1.45. The minimum absolute atomic E-state index is 0.329. The van der Waals surface area contributed by atoms with Crippen LogP contribution in [0.15, 0.2) is 30.3 Å². The summed E-state index contributed by atoms with van der Waals surface area (Å²) in [5.74, 6) is -4.36. The third-order valence-electron chi connectivity index (χ3n) is 2.42. The van der Waals surface area contributed by atoms with Gasteiger partial charge in [0.05, 0.1) is 6.42 Å². The van der Waals surface area contributed by atoms with Gasteiger partial charge in [-0.15, -0.1) is 0 Å². The van der Waals surface area contributed by atoms with Crippen molar-refractivity contribution in [3.63, 3.8) is 0 Å². The number of esters is 1. The molecule has 1 N–H and O–H groups in total. The van der Waals surface area contributed by atoms with E-state index in [4.69, 9.17) is 5.11 Å². The summed E-state index contributed by atoms with van der Waals surface area (Å²) in [5, 5.41) is 8.35. The van der Waals surface area contributed by atoms with E-state index in [2.05, 4.69) is 4.74 Å². The lowest BCUT2D eigenvalue weighted by Gasteiger charge is -2.20. The maximum absolute atomic E-state index is 12.9. The second-order valence-corrected chi connectivity index (χ2v) is 4.05. The number of hydrogen-bond donors (Lipinski definition) is 1. The molecule has 0 bridgehead atoms. The van der Waals surface area contributed by atoms with E-state index in [0.29, 0.717) is 0 Å². The Bertz CT molecular complexity index is 524. The number of benzene rings is 1. The Labute approximate surface area is 117 Å². The van der Waals surface area contributed by atoms with Crippen molar-refractivity contribution in [3.05, 3.63) is 35.9 Å². The normalized spacial score (nSPS) is 12.5. The topological polar surface area (TPSA) is 80.7 Å². The number of ketones is 1. The molecular weight excluding hydrogens is 293 g/mol. The minimum Gasteiger partial charge on any atom is -0.481 e. The van der Waals surface area contributed by atoms with E-state index in [1.807, 2.05) is 0 Å². The van der Waals surface area contributed by atoms with Crippen LogP contribution in [0.3, 0.4) is 0 Å². The Morgan fingerprint density at radius 2 is 1.67 bits per heavy atom. The smallest absolute Gasteiger partial charge is 0.429 e. The minimum atomic E-state index is -4.88. The number of carbonyl (C=O) groups is 3. The van der Waals surface area contributed by atoms with Gasteiger partial charge in [0.15, 0.2) is 0 Å². The third kappa shape index (κ3) is 5.25. The number of carboxylic acids is 1. The third-order valence-corrected chi connectivity index (χ3v) is 2.42. The lowest BCUT2D eigenvalue weighted by Crippen LogP contribution is -2.29. The summed E-state index contributed by atoms with van der Waals surface area (Å²) in [6, 6.07) is 6.35. The maximum Gasteiger partial charge on any atom is 0.429 e. The van der Waals surface area contributed by atoms with Gasteiger partial charge in [0.2, 0.25) is 11.9 Å². The summed E-state index contributed by atoms with van der Waals surface area (Å²) in [7, 11) is 0. The number of rotatable bonds is 6. The van der Waals surface area contributed by atoms with Crippen LogP contribution in [0.4, 0.5) is 13.2 Å². The van der Waals surface area contributed by atoms with Crippen molar-refractivity contribution in [2.75, 3.05) is 0 Å². The van der Waals surface area contributed by atoms with Crippen molar-refractivity contribution in [2.24, 2.45) is 0 Å². The number of carboxylic acid groups (broad SMARTS) is 1. The molecule has 0 heterocycles. The van der Waals surface area contributed by atoms with Crippen molar-refractivity contribution in [1.29, 1.82) is 0 Å². The molecule has 0 amide bonds. The van der Waals surface area contributed by atoms with Crippen LogP contribution < -0.4 is 0 Å². The molecule has 1 aromatic carbocycles. The van der Waals surface area contributed by atoms with Gasteiger partial charge in [-0.05, 0) is 0 Å². The van der Waals surface area contributed by atoms with Crippen molar-refractivity contribution in [1.82, 2.24) is 0 Å². The molecule has 1 rings (SSSR count). The van der Waals surface area contributed by atoms with Crippen molar-refractivity contribution in [3.8, 4) is 0 Å². The quantitative estimate of drug-likeness (QED) is 0.644. The zero-order valence-corrected chi connectivity index (χ0v) is 10.6. The van der Waals surface area contributed by atoms with Crippen molar-refractivity contribution in [2.45, 2.75) is 25.1 Å². The van der Waals surface area contributed by atoms with Gasteiger partial charge in [0.25, 0.3) is 0 Å². The van der Waals surface area contributed by atoms with Gasteiger partial charge in [-0.2, -0.15) is 13.2 Å². The average molecular weight is 304 g/mol. The van der Waals surface area contributed by atoms with E-state index >= 15 is 0 Å². The fourth-order valence-corrected chi connectivity index (χ4v) is 1.45. The van der Waals surface area contributed by atoms with E-state index < -0.39 is 42.8 Å². The molecule has 1 unspecified atom stereocenters. The molecule has 8 heteroatoms. The van der Waals surface area contributed by atoms with Gasteiger partial charge in [-0.1, -0.05) is 30.3 Å². The summed E-state index contributed by atoms with van der Waals surface area (Å²) in [6.07, 6.45) is -8.83. The molecule has 0 saturated heterocycles. The number of Topliss-reactive ketones (excluding diaryl/α,β-unsaturated/α-hetero) is 1. The molecule has 1 aromatic rings. The standard InChI is InChI=1S/C13H11F3O5/c14-13(15,16)11(8-4-2-1-3-5-8)21-12(20)9(17)6-7-10(18)19/h1-5,11H,6-7H2,(H,18,19). The molecule has 1 atom stereocenters. The van der Waals surface area contributed by atoms with Crippen molar-refractivity contribution >= 4 is 17.7 Å². The molecule has 0 aliphatic rings. The first-order valence-corrected chi connectivity index (χ1v) is 5.79. The Balaban J connectivity index is 2.81. The zero-order valence-electron chi connectivity index (χ0n) is 10.6. The van der Waals surface area contributed by atoms with Crippen LogP contribution in [0.1, 0.15) is 24.5 Å². The lowest BCUT2D eigenvalue weighted by atomic mass is 10.1. The van der Waals surface area contributed by atoms with E-state index in [9.17, 15) is 27.6 Å². The molecule has 0 saturated carbocycles.